The fourth-order valence-corrected chi connectivity index (χ4v) is 3.18. The molecule has 2 heterocycles. The Bertz CT molecular complexity index is 834. The zero-order chi connectivity index (χ0) is 20.6. The maximum atomic E-state index is 13.1. The summed E-state index contributed by atoms with van der Waals surface area (Å²) in [5.41, 5.74) is 1.75. The van der Waals surface area contributed by atoms with E-state index < -0.39 is 0 Å². The molecule has 0 spiro atoms. The van der Waals surface area contributed by atoms with E-state index in [1.807, 2.05) is 19.2 Å². The molecule has 2 aromatic rings. The predicted octanol–water partition coefficient (Wildman–Crippen LogP) is 2.52. The number of piperazine rings is 1. The molecule has 1 aliphatic rings. The summed E-state index contributed by atoms with van der Waals surface area (Å²) in [6.07, 6.45) is 2.34. The van der Waals surface area contributed by atoms with E-state index in [9.17, 15) is 9.18 Å². The SMILES string of the molecule is CCOC(=O)N1CCN(C(=NC)NCCc2ccn(-c3ccc(F)cc3)n2)CC1.I. The molecule has 8 nitrogen and oxygen atoms in total. The highest BCUT2D eigenvalue weighted by atomic mass is 127. The Labute approximate surface area is 193 Å². The van der Waals surface area contributed by atoms with Gasteiger partial charge in [0, 0.05) is 52.4 Å². The minimum atomic E-state index is -0.264. The van der Waals surface area contributed by atoms with Gasteiger partial charge in [0.15, 0.2) is 5.96 Å². The summed E-state index contributed by atoms with van der Waals surface area (Å²) in [6.45, 7) is 5.52. The second-order valence-electron chi connectivity index (χ2n) is 6.63. The first-order valence-electron chi connectivity index (χ1n) is 9.78. The van der Waals surface area contributed by atoms with Crippen molar-refractivity contribution in [2.24, 2.45) is 4.99 Å². The average molecular weight is 530 g/mol. The number of aliphatic imine (C=N–C) groups is 1. The summed E-state index contributed by atoms with van der Waals surface area (Å²) in [6, 6.07) is 8.18. The van der Waals surface area contributed by atoms with Crippen LogP contribution >= 0.6 is 24.0 Å². The molecule has 10 heteroatoms. The number of guanidine groups is 1. The van der Waals surface area contributed by atoms with E-state index in [4.69, 9.17) is 4.74 Å². The van der Waals surface area contributed by atoms with Crippen LogP contribution in [0.3, 0.4) is 0 Å². The van der Waals surface area contributed by atoms with Crippen LogP contribution in [-0.4, -0.2) is 78.0 Å². The molecule has 1 N–H and O–H groups in total. The summed E-state index contributed by atoms with van der Waals surface area (Å²) in [5.74, 6) is 0.547. The van der Waals surface area contributed by atoms with Crippen molar-refractivity contribution < 1.29 is 13.9 Å². The molecule has 164 valence electrons. The monoisotopic (exact) mass is 530 g/mol. The molecule has 1 aromatic heterocycles. The van der Waals surface area contributed by atoms with Gasteiger partial charge in [-0.15, -0.1) is 24.0 Å². The second kappa shape index (κ2) is 11.7. The van der Waals surface area contributed by atoms with Gasteiger partial charge in [-0.25, -0.2) is 13.9 Å². The molecule has 0 aliphatic carbocycles. The van der Waals surface area contributed by atoms with E-state index in [0.29, 0.717) is 39.3 Å². The van der Waals surface area contributed by atoms with Crippen molar-refractivity contribution in [3.8, 4) is 5.69 Å². The first-order valence-corrected chi connectivity index (χ1v) is 9.78. The molecule has 0 unspecified atom stereocenters. The third kappa shape index (κ3) is 6.31. The quantitative estimate of drug-likeness (QED) is 0.366. The normalized spacial score (nSPS) is 14.3. The number of hydrogen-bond acceptors (Lipinski definition) is 4. The molecule has 0 radical (unpaired) electrons. The van der Waals surface area contributed by atoms with Gasteiger partial charge < -0.3 is 19.9 Å². The van der Waals surface area contributed by atoms with Crippen molar-refractivity contribution in [2.45, 2.75) is 13.3 Å². The van der Waals surface area contributed by atoms with E-state index in [0.717, 1.165) is 23.8 Å². The van der Waals surface area contributed by atoms with Crippen molar-refractivity contribution in [1.29, 1.82) is 0 Å². The van der Waals surface area contributed by atoms with Crippen molar-refractivity contribution in [2.75, 3.05) is 46.4 Å². The van der Waals surface area contributed by atoms with Gasteiger partial charge in [0.2, 0.25) is 0 Å². The Morgan fingerprint density at radius 3 is 2.47 bits per heavy atom. The fourth-order valence-electron chi connectivity index (χ4n) is 3.18. The van der Waals surface area contributed by atoms with Crippen LogP contribution in [0.15, 0.2) is 41.5 Å². The Morgan fingerprint density at radius 2 is 1.83 bits per heavy atom. The molecule has 3 rings (SSSR count). The Morgan fingerprint density at radius 1 is 1.17 bits per heavy atom. The van der Waals surface area contributed by atoms with Crippen molar-refractivity contribution >= 4 is 36.0 Å². The molecule has 0 atom stereocenters. The third-order valence-corrected chi connectivity index (χ3v) is 4.72. The molecule has 30 heavy (non-hydrogen) atoms. The van der Waals surface area contributed by atoms with Gasteiger partial charge in [-0.1, -0.05) is 0 Å². The van der Waals surface area contributed by atoms with Crippen LogP contribution in [0.2, 0.25) is 0 Å². The smallest absolute Gasteiger partial charge is 0.409 e. The Hall–Kier alpha value is -2.37. The summed E-state index contributed by atoms with van der Waals surface area (Å²) in [5, 5.41) is 7.89. The van der Waals surface area contributed by atoms with Crippen LogP contribution in [-0.2, 0) is 11.2 Å². The van der Waals surface area contributed by atoms with Crippen molar-refractivity contribution in [3.05, 3.63) is 48.0 Å². The molecular weight excluding hydrogens is 502 g/mol. The first kappa shape index (κ1) is 23.9. The first-order chi connectivity index (χ1) is 14.1. The number of nitrogens with one attached hydrogen (secondary N) is 1. The number of amides is 1. The highest BCUT2D eigenvalue weighted by Gasteiger charge is 2.23. The summed E-state index contributed by atoms with van der Waals surface area (Å²) < 4.78 is 19.8. The van der Waals surface area contributed by atoms with Gasteiger partial charge in [-0.3, -0.25) is 4.99 Å². The maximum Gasteiger partial charge on any atom is 0.409 e. The van der Waals surface area contributed by atoms with Crippen LogP contribution in [0.5, 0.6) is 0 Å². The average Bonchev–Trinajstić information content (AvgIpc) is 3.21. The molecule has 0 bridgehead atoms. The van der Waals surface area contributed by atoms with Crippen molar-refractivity contribution in [1.82, 2.24) is 24.9 Å². The highest BCUT2D eigenvalue weighted by molar-refractivity contribution is 14.0. The standard InChI is InChI=1S/C20H27FN6O2.HI/c1-3-29-20(28)26-14-12-25(13-15-26)19(22-2)23-10-8-17-9-11-27(24-17)18-6-4-16(21)5-7-18;/h4-7,9,11H,3,8,10,12-15H2,1-2H3,(H,22,23);1H. The van der Waals surface area contributed by atoms with Gasteiger partial charge >= 0.3 is 6.09 Å². The number of halogens is 2. The van der Waals surface area contributed by atoms with Gasteiger partial charge in [-0.2, -0.15) is 5.10 Å². The van der Waals surface area contributed by atoms with Gasteiger partial charge in [0.1, 0.15) is 5.82 Å². The number of carbonyl (C=O) groups excluding carboxylic acids is 1. The number of benzene rings is 1. The minimum absolute atomic E-state index is 0. The van der Waals surface area contributed by atoms with E-state index in [1.54, 1.807) is 28.8 Å². The largest absolute Gasteiger partial charge is 0.450 e. The number of rotatable bonds is 5. The van der Waals surface area contributed by atoms with Crippen LogP contribution in [0.1, 0.15) is 12.6 Å². The molecule has 1 saturated heterocycles. The molecule has 0 saturated carbocycles. The minimum Gasteiger partial charge on any atom is -0.450 e. The molecule has 1 fully saturated rings. The van der Waals surface area contributed by atoms with Crippen LogP contribution in [0.4, 0.5) is 9.18 Å². The highest BCUT2D eigenvalue weighted by Crippen LogP contribution is 2.09. The number of ether oxygens (including phenoxy) is 1. The summed E-state index contributed by atoms with van der Waals surface area (Å²) in [4.78, 5) is 20.0. The molecular formula is C20H28FIN6O2. The van der Waals surface area contributed by atoms with Gasteiger partial charge in [-0.05, 0) is 37.3 Å². The fraction of sp³-hybridized carbons (Fsp3) is 0.450. The van der Waals surface area contributed by atoms with E-state index in [2.05, 4.69) is 20.3 Å². The number of nitrogens with zero attached hydrogens (tertiary/aromatic N) is 5. The van der Waals surface area contributed by atoms with E-state index >= 15 is 0 Å². The lowest BCUT2D eigenvalue weighted by atomic mass is 10.3. The lowest BCUT2D eigenvalue weighted by molar-refractivity contribution is 0.0914. The number of hydrogen-bond donors (Lipinski definition) is 1. The zero-order valence-electron chi connectivity index (χ0n) is 17.3. The van der Waals surface area contributed by atoms with Gasteiger partial charge in [0.25, 0.3) is 0 Å². The zero-order valence-corrected chi connectivity index (χ0v) is 19.6. The third-order valence-electron chi connectivity index (χ3n) is 4.72. The van der Waals surface area contributed by atoms with Crippen molar-refractivity contribution in [3.63, 3.8) is 0 Å². The number of aromatic nitrogens is 2. The maximum absolute atomic E-state index is 13.1. The summed E-state index contributed by atoms with van der Waals surface area (Å²) in [7, 11) is 1.75. The molecule has 1 aromatic carbocycles. The predicted molar refractivity (Wildman–Crippen MR) is 124 cm³/mol. The summed E-state index contributed by atoms with van der Waals surface area (Å²) >= 11 is 0. The Kier molecular flexibility index (Phi) is 9.34. The topological polar surface area (TPSA) is 75.0 Å². The molecule has 1 amide bonds. The van der Waals surface area contributed by atoms with E-state index in [-0.39, 0.29) is 35.9 Å². The van der Waals surface area contributed by atoms with Gasteiger partial charge in [0.05, 0.1) is 18.0 Å². The second-order valence-corrected chi connectivity index (χ2v) is 6.63. The van der Waals surface area contributed by atoms with E-state index in [1.165, 1.54) is 12.1 Å². The lowest BCUT2D eigenvalue weighted by Gasteiger charge is -2.35. The number of carbonyl (C=O) groups is 1. The molecule has 1 aliphatic heterocycles. The van der Waals surface area contributed by atoms with Crippen LogP contribution in [0.25, 0.3) is 5.69 Å². The van der Waals surface area contributed by atoms with Crippen LogP contribution < -0.4 is 5.32 Å². The Balaban J connectivity index is 0.00000320. The van der Waals surface area contributed by atoms with Crippen LogP contribution in [0, 0.1) is 5.82 Å². The lowest BCUT2D eigenvalue weighted by Crippen LogP contribution is -2.54.